The molecule has 0 aliphatic carbocycles. The number of aromatic amines is 1. The van der Waals surface area contributed by atoms with Gasteiger partial charge in [-0.15, -0.1) is 0 Å². The van der Waals surface area contributed by atoms with E-state index in [9.17, 15) is 0 Å². The summed E-state index contributed by atoms with van der Waals surface area (Å²) in [4.78, 5) is 4.75. The highest BCUT2D eigenvalue weighted by Crippen LogP contribution is 2.35. The van der Waals surface area contributed by atoms with E-state index in [1.54, 1.807) is 6.20 Å². The molecule has 2 aromatic carbocycles. The molecule has 0 saturated heterocycles. The van der Waals surface area contributed by atoms with Crippen molar-refractivity contribution in [2.75, 3.05) is 5.32 Å². The van der Waals surface area contributed by atoms with Crippen LogP contribution in [0.4, 0.5) is 5.69 Å². The Morgan fingerprint density at radius 2 is 1.95 bits per heavy atom. The normalized spacial score (nSPS) is 13.9. The number of aromatic nitrogens is 2. The van der Waals surface area contributed by atoms with Gasteiger partial charge in [-0.05, 0) is 13.0 Å². The lowest BCUT2D eigenvalue weighted by Gasteiger charge is -2.12. The Morgan fingerprint density at radius 3 is 2.77 bits per heavy atom. The molecule has 0 unspecified atom stereocenters. The summed E-state index contributed by atoms with van der Waals surface area (Å²) >= 11 is 6.41. The van der Waals surface area contributed by atoms with Gasteiger partial charge in [0.1, 0.15) is 0 Å². The van der Waals surface area contributed by atoms with Crippen LogP contribution in [-0.2, 0) is 0 Å². The minimum absolute atomic E-state index is 0.635. The summed E-state index contributed by atoms with van der Waals surface area (Å²) in [5, 5.41) is 12.0. The number of fused-ring (bicyclic) bond motifs is 3. The van der Waals surface area contributed by atoms with Crippen molar-refractivity contribution < 1.29 is 0 Å². The molecule has 0 amide bonds. The monoisotopic (exact) mass is 308 g/mol. The van der Waals surface area contributed by atoms with E-state index in [-0.39, 0.29) is 0 Å². The van der Waals surface area contributed by atoms with Crippen molar-refractivity contribution >= 4 is 33.9 Å². The second kappa shape index (κ2) is 5.00. The maximum Gasteiger partial charge on any atom is 0.0857 e. The van der Waals surface area contributed by atoms with Crippen LogP contribution in [-0.4, -0.2) is 15.9 Å². The summed E-state index contributed by atoms with van der Waals surface area (Å²) in [5.41, 5.74) is 5.63. The predicted molar refractivity (Wildman–Crippen MR) is 90.6 cm³/mol. The highest BCUT2D eigenvalue weighted by Gasteiger charge is 2.19. The Hall–Kier alpha value is -2.59. The molecular formula is C17H13ClN4. The maximum absolute atomic E-state index is 6.41. The van der Waals surface area contributed by atoms with Crippen LogP contribution in [0.25, 0.3) is 10.9 Å². The number of H-pyrrole nitrogens is 1. The largest absolute Gasteiger partial charge is 0.359 e. The van der Waals surface area contributed by atoms with Gasteiger partial charge in [0.2, 0.25) is 0 Å². The summed E-state index contributed by atoms with van der Waals surface area (Å²) in [6.07, 6.45) is 3.68. The van der Waals surface area contributed by atoms with Gasteiger partial charge in [0.25, 0.3) is 0 Å². The molecular weight excluding hydrogens is 296 g/mol. The molecule has 108 valence electrons. The Balaban J connectivity index is 2.05. The van der Waals surface area contributed by atoms with Crippen LogP contribution in [0.5, 0.6) is 0 Å². The van der Waals surface area contributed by atoms with Crippen molar-refractivity contribution in [3.8, 4) is 0 Å². The number of nitrogens with zero attached hydrogens (tertiary/aromatic N) is 2. The number of aliphatic imine (C=N–C) groups is 1. The third kappa shape index (κ3) is 2.00. The summed E-state index contributed by atoms with van der Waals surface area (Å²) in [7, 11) is 0. The van der Waals surface area contributed by atoms with Crippen molar-refractivity contribution in [1.29, 1.82) is 0 Å². The predicted octanol–water partition coefficient (Wildman–Crippen LogP) is 4.34. The van der Waals surface area contributed by atoms with Crippen LogP contribution in [0.15, 0.2) is 59.5 Å². The van der Waals surface area contributed by atoms with Gasteiger partial charge in [-0.25, -0.2) is 0 Å². The van der Waals surface area contributed by atoms with Gasteiger partial charge in [-0.2, -0.15) is 5.10 Å². The molecule has 0 atom stereocenters. The van der Waals surface area contributed by atoms with Gasteiger partial charge in [0, 0.05) is 22.7 Å². The first-order valence-corrected chi connectivity index (χ1v) is 7.35. The van der Waals surface area contributed by atoms with Crippen LogP contribution in [0.3, 0.4) is 0 Å². The SMILES string of the molecule is CC1=CNc2c(cc(Cl)c3[nH]ncc23)C(c2ccccc2)=N1. The van der Waals surface area contributed by atoms with Gasteiger partial charge in [-0.3, -0.25) is 10.1 Å². The summed E-state index contributed by atoms with van der Waals surface area (Å²) in [6, 6.07) is 12.0. The third-order valence-corrected chi connectivity index (χ3v) is 4.00. The Labute approximate surface area is 132 Å². The van der Waals surface area contributed by atoms with Crippen molar-refractivity contribution in [3.05, 3.63) is 70.6 Å². The molecule has 1 aromatic heterocycles. The smallest absolute Gasteiger partial charge is 0.0857 e. The maximum atomic E-state index is 6.41. The average Bonchev–Trinajstić information content (AvgIpc) is 2.97. The third-order valence-electron chi connectivity index (χ3n) is 3.70. The fourth-order valence-electron chi connectivity index (χ4n) is 2.68. The Morgan fingerprint density at radius 1 is 1.14 bits per heavy atom. The van der Waals surface area contributed by atoms with Crippen LogP contribution < -0.4 is 5.32 Å². The molecule has 0 bridgehead atoms. The lowest BCUT2D eigenvalue weighted by Crippen LogP contribution is -2.05. The molecule has 22 heavy (non-hydrogen) atoms. The minimum atomic E-state index is 0.635. The van der Waals surface area contributed by atoms with E-state index < -0.39 is 0 Å². The van der Waals surface area contributed by atoms with Gasteiger partial charge in [0.05, 0.1) is 33.8 Å². The fourth-order valence-corrected chi connectivity index (χ4v) is 2.93. The number of anilines is 1. The molecule has 1 aliphatic rings. The quantitative estimate of drug-likeness (QED) is 0.702. The molecule has 2 N–H and O–H groups in total. The molecule has 5 heteroatoms. The van der Waals surface area contributed by atoms with Crippen LogP contribution >= 0.6 is 11.6 Å². The second-order valence-electron chi connectivity index (χ2n) is 5.20. The van der Waals surface area contributed by atoms with Crippen LogP contribution in [0.1, 0.15) is 18.1 Å². The van der Waals surface area contributed by atoms with Crippen LogP contribution in [0.2, 0.25) is 5.02 Å². The number of hydrogen-bond acceptors (Lipinski definition) is 3. The topological polar surface area (TPSA) is 53.1 Å². The number of hydrogen-bond donors (Lipinski definition) is 2. The van der Waals surface area contributed by atoms with E-state index in [1.807, 2.05) is 37.4 Å². The second-order valence-corrected chi connectivity index (χ2v) is 5.60. The van der Waals surface area contributed by atoms with E-state index in [1.165, 1.54) is 0 Å². The van der Waals surface area contributed by atoms with E-state index in [4.69, 9.17) is 16.6 Å². The molecule has 4 nitrogen and oxygen atoms in total. The van der Waals surface area contributed by atoms with Gasteiger partial charge in [-0.1, -0.05) is 41.9 Å². The van der Waals surface area contributed by atoms with Gasteiger partial charge >= 0.3 is 0 Å². The molecule has 0 saturated carbocycles. The summed E-state index contributed by atoms with van der Waals surface area (Å²) in [6.45, 7) is 1.97. The average molecular weight is 309 g/mol. The molecule has 2 heterocycles. The number of allylic oxidation sites excluding steroid dienone is 1. The van der Waals surface area contributed by atoms with E-state index >= 15 is 0 Å². The highest BCUT2D eigenvalue weighted by molar-refractivity contribution is 6.37. The number of nitrogens with one attached hydrogen (secondary N) is 2. The molecule has 0 spiro atoms. The molecule has 3 aromatic rings. The fraction of sp³-hybridized carbons (Fsp3) is 0.0588. The molecule has 1 aliphatic heterocycles. The van der Waals surface area contributed by atoms with Crippen molar-refractivity contribution in [3.63, 3.8) is 0 Å². The first kappa shape index (κ1) is 13.1. The number of rotatable bonds is 1. The minimum Gasteiger partial charge on any atom is -0.359 e. The zero-order valence-electron chi connectivity index (χ0n) is 11.9. The van der Waals surface area contributed by atoms with Gasteiger partial charge in [0.15, 0.2) is 0 Å². The molecule has 0 fully saturated rings. The summed E-state index contributed by atoms with van der Waals surface area (Å²) < 4.78 is 0. The van der Waals surface area contributed by atoms with Crippen molar-refractivity contribution in [1.82, 2.24) is 10.2 Å². The zero-order valence-corrected chi connectivity index (χ0v) is 12.6. The first-order valence-electron chi connectivity index (χ1n) is 6.97. The van der Waals surface area contributed by atoms with Crippen molar-refractivity contribution in [2.24, 2.45) is 4.99 Å². The standard InChI is InChI=1S/C17H13ClN4/c1-10-8-19-16-12(7-14(18)17-13(16)9-20-22-17)15(21-10)11-5-3-2-4-6-11/h2-9,19H,1H3,(H,20,22). The molecule has 0 radical (unpaired) electrons. The molecule has 4 rings (SSSR count). The lowest BCUT2D eigenvalue weighted by atomic mass is 9.99. The van der Waals surface area contributed by atoms with Gasteiger partial charge < -0.3 is 5.32 Å². The first-order chi connectivity index (χ1) is 10.7. The zero-order chi connectivity index (χ0) is 15.1. The van der Waals surface area contributed by atoms with E-state index in [0.29, 0.717) is 5.02 Å². The Bertz CT molecular complexity index is 922. The highest BCUT2D eigenvalue weighted by atomic mass is 35.5. The summed E-state index contributed by atoms with van der Waals surface area (Å²) in [5.74, 6) is 0. The van der Waals surface area contributed by atoms with E-state index in [2.05, 4.69) is 27.6 Å². The Kier molecular flexibility index (Phi) is 2.98. The van der Waals surface area contributed by atoms with E-state index in [0.717, 1.165) is 39.1 Å². The van der Waals surface area contributed by atoms with Crippen LogP contribution in [0, 0.1) is 0 Å². The lowest BCUT2D eigenvalue weighted by molar-refractivity contribution is 1.12. The number of halogens is 1. The number of benzene rings is 2. The van der Waals surface area contributed by atoms with Crippen molar-refractivity contribution in [2.45, 2.75) is 6.92 Å².